The quantitative estimate of drug-likeness (QED) is 0.799. The highest BCUT2D eigenvalue weighted by Crippen LogP contribution is 2.23. The average molecular weight is 294 g/mol. The number of anilines is 1. The molecule has 0 bridgehead atoms. The van der Waals surface area contributed by atoms with E-state index >= 15 is 0 Å². The highest BCUT2D eigenvalue weighted by molar-refractivity contribution is 5.97. The van der Waals surface area contributed by atoms with E-state index < -0.39 is 5.60 Å². The van der Waals surface area contributed by atoms with Gasteiger partial charge in [0.1, 0.15) is 5.60 Å². The lowest BCUT2D eigenvalue weighted by Crippen LogP contribution is -2.42. The third kappa shape index (κ3) is 4.70. The second kappa shape index (κ2) is 7.98. The molecule has 0 aliphatic heterocycles. The molecular weight excluding hydrogens is 268 g/mol. The van der Waals surface area contributed by atoms with Crippen LogP contribution in [0.3, 0.4) is 0 Å². The van der Waals surface area contributed by atoms with Gasteiger partial charge in [0.2, 0.25) is 5.88 Å². The normalized spacial score (nSPS) is 13.6. The molecular formula is C16H26N2O3. The zero-order valence-electron chi connectivity index (χ0n) is 13.7. The van der Waals surface area contributed by atoms with Crippen LogP contribution in [-0.2, 0) is 9.53 Å². The van der Waals surface area contributed by atoms with Gasteiger partial charge in [-0.2, -0.15) is 0 Å². The minimum atomic E-state index is -0.818. The molecule has 1 rings (SSSR count). The van der Waals surface area contributed by atoms with Crippen molar-refractivity contribution in [3.8, 4) is 5.88 Å². The number of unbranched alkanes of at least 4 members (excludes halogenated alkanes) is 1. The number of nitrogens with zero attached hydrogens (tertiary/aromatic N) is 1. The monoisotopic (exact) mass is 294 g/mol. The second-order valence-electron chi connectivity index (χ2n) is 5.21. The van der Waals surface area contributed by atoms with Gasteiger partial charge in [0.25, 0.3) is 5.91 Å². The van der Waals surface area contributed by atoms with E-state index in [1.165, 1.54) is 0 Å². The average Bonchev–Trinajstić information content (AvgIpc) is 2.47. The minimum absolute atomic E-state index is 0.146. The standard InChI is InChI=1S/C16H26N2O3/c1-6-8-11-16(4,20-5)15(19)18-13-9-10-14(21-7-2)17-12(13)3/h9-10H,6-8,11H2,1-5H3,(H,18,19)/t16-/m0/s1. The lowest BCUT2D eigenvalue weighted by molar-refractivity contribution is -0.136. The molecule has 118 valence electrons. The van der Waals surface area contributed by atoms with Crippen LogP contribution in [0.4, 0.5) is 5.69 Å². The highest BCUT2D eigenvalue weighted by atomic mass is 16.5. The summed E-state index contributed by atoms with van der Waals surface area (Å²) in [5.41, 5.74) is 0.590. The smallest absolute Gasteiger partial charge is 0.256 e. The van der Waals surface area contributed by atoms with Crippen LogP contribution in [0, 0.1) is 6.92 Å². The molecule has 0 fully saturated rings. The Labute approximate surface area is 127 Å². The molecule has 1 heterocycles. The van der Waals surface area contributed by atoms with Gasteiger partial charge in [-0.1, -0.05) is 19.8 Å². The van der Waals surface area contributed by atoms with Crippen LogP contribution in [0.15, 0.2) is 12.1 Å². The number of nitrogens with one attached hydrogen (secondary N) is 1. The van der Waals surface area contributed by atoms with E-state index in [1.54, 1.807) is 19.2 Å². The van der Waals surface area contributed by atoms with E-state index in [-0.39, 0.29) is 5.91 Å². The van der Waals surface area contributed by atoms with Crippen molar-refractivity contribution < 1.29 is 14.3 Å². The summed E-state index contributed by atoms with van der Waals surface area (Å²) in [6, 6.07) is 3.56. The first-order chi connectivity index (χ1) is 9.96. The molecule has 5 heteroatoms. The highest BCUT2D eigenvalue weighted by Gasteiger charge is 2.32. The molecule has 0 saturated heterocycles. The Morgan fingerprint density at radius 3 is 2.62 bits per heavy atom. The summed E-state index contributed by atoms with van der Waals surface area (Å²) < 4.78 is 10.8. The van der Waals surface area contributed by atoms with Gasteiger partial charge in [-0.25, -0.2) is 4.98 Å². The van der Waals surface area contributed by atoms with Crippen molar-refractivity contribution in [1.29, 1.82) is 0 Å². The summed E-state index contributed by atoms with van der Waals surface area (Å²) in [6.07, 6.45) is 2.66. The van der Waals surface area contributed by atoms with Crippen LogP contribution in [-0.4, -0.2) is 30.2 Å². The van der Waals surface area contributed by atoms with E-state index in [1.807, 2.05) is 20.8 Å². The first kappa shape index (κ1) is 17.4. The van der Waals surface area contributed by atoms with Gasteiger partial charge < -0.3 is 14.8 Å². The SMILES string of the molecule is CCCC[C@](C)(OC)C(=O)Nc1ccc(OCC)nc1C. The van der Waals surface area contributed by atoms with Gasteiger partial charge in [-0.05, 0) is 33.3 Å². The molecule has 1 aromatic heterocycles. The van der Waals surface area contributed by atoms with Gasteiger partial charge in [0.15, 0.2) is 0 Å². The zero-order chi connectivity index (χ0) is 15.9. The van der Waals surface area contributed by atoms with Crippen molar-refractivity contribution in [3.05, 3.63) is 17.8 Å². The predicted octanol–water partition coefficient (Wildman–Crippen LogP) is 3.32. The molecule has 21 heavy (non-hydrogen) atoms. The summed E-state index contributed by atoms with van der Waals surface area (Å²) >= 11 is 0. The summed E-state index contributed by atoms with van der Waals surface area (Å²) in [4.78, 5) is 16.7. The number of aromatic nitrogens is 1. The zero-order valence-corrected chi connectivity index (χ0v) is 13.7. The van der Waals surface area contributed by atoms with Crippen molar-refractivity contribution in [3.63, 3.8) is 0 Å². The fourth-order valence-corrected chi connectivity index (χ4v) is 1.98. The van der Waals surface area contributed by atoms with E-state index in [4.69, 9.17) is 9.47 Å². The Kier molecular flexibility index (Phi) is 6.62. The number of methoxy groups -OCH3 is 1. The molecule has 0 radical (unpaired) electrons. The lowest BCUT2D eigenvalue weighted by atomic mass is 9.97. The second-order valence-corrected chi connectivity index (χ2v) is 5.21. The van der Waals surface area contributed by atoms with Gasteiger partial charge in [0.05, 0.1) is 18.0 Å². The van der Waals surface area contributed by atoms with E-state index in [2.05, 4.69) is 17.2 Å². The fourth-order valence-electron chi connectivity index (χ4n) is 1.98. The first-order valence-corrected chi connectivity index (χ1v) is 7.43. The van der Waals surface area contributed by atoms with Gasteiger partial charge in [-0.3, -0.25) is 4.79 Å². The van der Waals surface area contributed by atoms with Gasteiger partial charge in [0, 0.05) is 13.2 Å². The number of ether oxygens (including phenoxy) is 2. The van der Waals surface area contributed by atoms with Crippen molar-refractivity contribution in [2.45, 2.75) is 52.6 Å². The summed E-state index contributed by atoms with van der Waals surface area (Å²) in [5.74, 6) is 0.418. The predicted molar refractivity (Wildman–Crippen MR) is 83.7 cm³/mol. The number of hydrogen-bond donors (Lipinski definition) is 1. The van der Waals surface area contributed by atoms with Crippen LogP contribution < -0.4 is 10.1 Å². The largest absolute Gasteiger partial charge is 0.478 e. The van der Waals surface area contributed by atoms with Crippen molar-refractivity contribution >= 4 is 11.6 Å². The molecule has 0 aliphatic carbocycles. The Hall–Kier alpha value is -1.62. The van der Waals surface area contributed by atoms with Crippen molar-refractivity contribution in [2.24, 2.45) is 0 Å². The molecule has 1 aromatic rings. The molecule has 1 N–H and O–H groups in total. The van der Waals surface area contributed by atoms with Crippen LogP contribution in [0.25, 0.3) is 0 Å². The molecule has 0 unspecified atom stereocenters. The Balaban J connectivity index is 2.81. The number of carbonyl (C=O) groups excluding carboxylic acids is 1. The van der Waals surface area contributed by atoms with Crippen LogP contribution in [0.2, 0.25) is 0 Å². The first-order valence-electron chi connectivity index (χ1n) is 7.43. The Morgan fingerprint density at radius 2 is 2.10 bits per heavy atom. The minimum Gasteiger partial charge on any atom is -0.478 e. The van der Waals surface area contributed by atoms with Gasteiger partial charge in [-0.15, -0.1) is 0 Å². The molecule has 0 aromatic carbocycles. The molecule has 1 amide bonds. The maximum atomic E-state index is 12.4. The number of carbonyl (C=O) groups is 1. The van der Waals surface area contributed by atoms with Crippen LogP contribution >= 0.6 is 0 Å². The molecule has 1 atom stereocenters. The Morgan fingerprint density at radius 1 is 1.38 bits per heavy atom. The third-order valence-corrected chi connectivity index (χ3v) is 3.54. The van der Waals surface area contributed by atoms with Crippen molar-refractivity contribution in [2.75, 3.05) is 19.0 Å². The van der Waals surface area contributed by atoms with E-state index in [0.29, 0.717) is 24.6 Å². The van der Waals surface area contributed by atoms with E-state index in [0.717, 1.165) is 18.5 Å². The molecule has 0 saturated carbocycles. The number of pyridine rings is 1. The van der Waals surface area contributed by atoms with E-state index in [9.17, 15) is 4.79 Å². The van der Waals surface area contributed by atoms with Crippen LogP contribution in [0.1, 0.15) is 45.7 Å². The lowest BCUT2D eigenvalue weighted by Gasteiger charge is -2.27. The summed E-state index contributed by atoms with van der Waals surface area (Å²) in [7, 11) is 1.57. The van der Waals surface area contributed by atoms with Crippen LogP contribution in [0.5, 0.6) is 5.88 Å². The maximum Gasteiger partial charge on any atom is 0.256 e. The molecule has 0 aliphatic rings. The molecule has 5 nitrogen and oxygen atoms in total. The Bertz CT molecular complexity index is 477. The number of rotatable bonds is 8. The maximum absolute atomic E-state index is 12.4. The third-order valence-electron chi connectivity index (χ3n) is 3.54. The van der Waals surface area contributed by atoms with Gasteiger partial charge >= 0.3 is 0 Å². The summed E-state index contributed by atoms with van der Waals surface area (Å²) in [5, 5.41) is 2.90. The number of hydrogen-bond acceptors (Lipinski definition) is 4. The fraction of sp³-hybridized carbons (Fsp3) is 0.625. The number of aryl methyl sites for hydroxylation is 1. The molecule has 0 spiro atoms. The topological polar surface area (TPSA) is 60.5 Å². The summed E-state index contributed by atoms with van der Waals surface area (Å²) in [6.45, 7) is 8.22. The van der Waals surface area contributed by atoms with Crippen molar-refractivity contribution in [1.82, 2.24) is 4.98 Å². The number of amides is 1.